The van der Waals surface area contributed by atoms with Gasteiger partial charge in [0.1, 0.15) is 5.75 Å². The third-order valence-corrected chi connectivity index (χ3v) is 2.05. The molecule has 0 radical (unpaired) electrons. The zero-order valence-electron chi connectivity index (χ0n) is 6.22. The SMILES string of the molecule is COc1csc(C(=O)N=[N+]=[N-])c1. The van der Waals surface area contributed by atoms with Gasteiger partial charge in [0.2, 0.25) is 0 Å². The minimum absolute atomic E-state index is 0.379. The summed E-state index contributed by atoms with van der Waals surface area (Å²) in [6, 6.07) is 1.53. The van der Waals surface area contributed by atoms with E-state index in [1.165, 1.54) is 24.5 Å². The van der Waals surface area contributed by atoms with Gasteiger partial charge in [-0.3, -0.25) is 4.79 Å². The molecule has 0 fully saturated rings. The van der Waals surface area contributed by atoms with Crippen molar-refractivity contribution in [2.45, 2.75) is 0 Å². The van der Waals surface area contributed by atoms with E-state index in [4.69, 9.17) is 10.3 Å². The van der Waals surface area contributed by atoms with Crippen LogP contribution in [0.15, 0.2) is 16.6 Å². The van der Waals surface area contributed by atoms with Crippen LogP contribution in [-0.2, 0) is 0 Å². The van der Waals surface area contributed by atoms with Gasteiger partial charge in [-0.1, -0.05) is 0 Å². The molecule has 0 aliphatic rings. The quantitative estimate of drug-likeness (QED) is 0.400. The average Bonchev–Trinajstić information content (AvgIpc) is 2.52. The number of ether oxygens (including phenoxy) is 1. The molecule has 12 heavy (non-hydrogen) atoms. The van der Waals surface area contributed by atoms with Crippen LogP contribution in [0.25, 0.3) is 10.4 Å². The highest BCUT2D eigenvalue weighted by Crippen LogP contribution is 2.21. The van der Waals surface area contributed by atoms with Crippen molar-refractivity contribution in [2.24, 2.45) is 5.11 Å². The Morgan fingerprint density at radius 1 is 1.83 bits per heavy atom. The maximum atomic E-state index is 10.9. The third kappa shape index (κ3) is 1.75. The second-order valence-electron chi connectivity index (χ2n) is 1.85. The van der Waals surface area contributed by atoms with Crippen molar-refractivity contribution in [2.75, 3.05) is 7.11 Å². The highest BCUT2D eigenvalue weighted by molar-refractivity contribution is 7.12. The second kappa shape index (κ2) is 3.75. The maximum Gasteiger partial charge on any atom is 0.259 e. The largest absolute Gasteiger partial charge is 0.496 e. The molecule has 0 saturated carbocycles. The first-order valence-corrected chi connectivity index (χ1v) is 3.88. The number of rotatable bonds is 2. The number of thiophene rings is 1. The van der Waals surface area contributed by atoms with E-state index < -0.39 is 5.91 Å². The lowest BCUT2D eigenvalue weighted by molar-refractivity contribution is 0.100. The fourth-order valence-corrected chi connectivity index (χ4v) is 1.36. The van der Waals surface area contributed by atoms with Crippen molar-refractivity contribution in [3.63, 3.8) is 0 Å². The standard InChI is InChI=1S/C6H5N3O2S/c1-11-4-2-5(12-3-4)6(10)8-9-7/h2-3H,1H3. The van der Waals surface area contributed by atoms with Gasteiger partial charge in [0, 0.05) is 16.4 Å². The first-order valence-electron chi connectivity index (χ1n) is 3.00. The van der Waals surface area contributed by atoms with E-state index in [-0.39, 0.29) is 0 Å². The van der Waals surface area contributed by atoms with E-state index in [0.717, 1.165) is 0 Å². The lowest BCUT2D eigenvalue weighted by Crippen LogP contribution is -1.87. The minimum Gasteiger partial charge on any atom is -0.496 e. The molecule has 1 aromatic rings. The molecular weight excluding hydrogens is 178 g/mol. The number of methoxy groups -OCH3 is 1. The molecule has 1 heterocycles. The van der Waals surface area contributed by atoms with Crippen LogP contribution in [0.4, 0.5) is 0 Å². The number of carbonyl (C=O) groups is 1. The lowest BCUT2D eigenvalue weighted by Gasteiger charge is -1.88. The van der Waals surface area contributed by atoms with Crippen molar-refractivity contribution >= 4 is 17.2 Å². The highest BCUT2D eigenvalue weighted by atomic mass is 32.1. The molecule has 0 atom stereocenters. The van der Waals surface area contributed by atoms with Gasteiger partial charge in [0.25, 0.3) is 5.91 Å². The molecule has 0 saturated heterocycles. The summed E-state index contributed by atoms with van der Waals surface area (Å²) in [5.74, 6) is 0.0160. The van der Waals surface area contributed by atoms with E-state index in [2.05, 4.69) is 10.0 Å². The van der Waals surface area contributed by atoms with Crippen LogP contribution in [0.1, 0.15) is 9.67 Å². The Morgan fingerprint density at radius 2 is 2.58 bits per heavy atom. The number of carbonyl (C=O) groups excluding carboxylic acids is 1. The molecule has 0 bridgehead atoms. The summed E-state index contributed by atoms with van der Waals surface area (Å²) in [6.07, 6.45) is 0. The van der Waals surface area contributed by atoms with Crippen molar-refractivity contribution in [1.29, 1.82) is 0 Å². The minimum atomic E-state index is -0.578. The molecule has 0 aliphatic heterocycles. The molecule has 62 valence electrons. The number of amides is 1. The van der Waals surface area contributed by atoms with E-state index in [0.29, 0.717) is 10.6 Å². The molecule has 1 amide bonds. The molecule has 6 heteroatoms. The Bertz CT molecular complexity index is 340. The molecular formula is C6H5N3O2S. The molecule has 1 aromatic heterocycles. The molecule has 0 N–H and O–H groups in total. The average molecular weight is 183 g/mol. The van der Waals surface area contributed by atoms with Crippen molar-refractivity contribution < 1.29 is 9.53 Å². The Hall–Kier alpha value is -1.52. The van der Waals surface area contributed by atoms with Crippen LogP contribution in [0.2, 0.25) is 0 Å². The lowest BCUT2D eigenvalue weighted by atomic mass is 10.4. The zero-order chi connectivity index (χ0) is 8.97. The van der Waals surface area contributed by atoms with Gasteiger partial charge in [0.05, 0.1) is 12.0 Å². The first-order chi connectivity index (χ1) is 5.77. The Kier molecular flexibility index (Phi) is 2.68. The summed E-state index contributed by atoms with van der Waals surface area (Å²) in [6.45, 7) is 0. The molecule has 1 rings (SSSR count). The zero-order valence-corrected chi connectivity index (χ0v) is 7.04. The predicted molar refractivity (Wildman–Crippen MR) is 44.3 cm³/mol. The maximum absolute atomic E-state index is 10.9. The molecule has 0 spiro atoms. The molecule has 0 aliphatic carbocycles. The summed E-state index contributed by atoms with van der Waals surface area (Å²) < 4.78 is 4.85. The smallest absolute Gasteiger partial charge is 0.259 e. The summed E-state index contributed by atoms with van der Waals surface area (Å²) in [5, 5.41) is 4.61. The van der Waals surface area contributed by atoms with Gasteiger partial charge in [-0.25, -0.2) is 0 Å². The second-order valence-corrected chi connectivity index (χ2v) is 2.76. The van der Waals surface area contributed by atoms with Crippen molar-refractivity contribution in [3.05, 3.63) is 26.8 Å². The topological polar surface area (TPSA) is 75.1 Å². The van der Waals surface area contributed by atoms with Gasteiger partial charge in [0.15, 0.2) is 0 Å². The highest BCUT2D eigenvalue weighted by Gasteiger charge is 2.06. The Labute approximate surface area is 72.2 Å². The van der Waals surface area contributed by atoms with E-state index in [1.54, 1.807) is 5.38 Å². The van der Waals surface area contributed by atoms with E-state index in [9.17, 15) is 4.79 Å². The Morgan fingerprint density at radius 3 is 3.08 bits per heavy atom. The van der Waals surface area contributed by atoms with Gasteiger partial charge >= 0.3 is 0 Å². The van der Waals surface area contributed by atoms with Crippen LogP contribution < -0.4 is 4.74 Å². The summed E-state index contributed by atoms with van der Waals surface area (Å²) >= 11 is 1.18. The summed E-state index contributed by atoms with van der Waals surface area (Å²) in [5.41, 5.74) is 7.97. The molecule has 0 aromatic carbocycles. The summed E-state index contributed by atoms with van der Waals surface area (Å²) in [7, 11) is 1.50. The monoisotopic (exact) mass is 183 g/mol. The fraction of sp³-hybridized carbons (Fsp3) is 0.167. The molecule has 5 nitrogen and oxygen atoms in total. The molecule has 0 unspecified atom stereocenters. The van der Waals surface area contributed by atoms with Crippen molar-refractivity contribution in [1.82, 2.24) is 0 Å². The van der Waals surface area contributed by atoms with Gasteiger partial charge in [-0.05, 0) is 10.6 Å². The van der Waals surface area contributed by atoms with Gasteiger partial charge < -0.3 is 4.74 Å². The first kappa shape index (κ1) is 8.58. The van der Waals surface area contributed by atoms with Crippen LogP contribution in [0.5, 0.6) is 5.75 Å². The Balaban J connectivity index is 2.88. The number of azide groups is 1. The van der Waals surface area contributed by atoms with Crippen LogP contribution >= 0.6 is 11.3 Å². The van der Waals surface area contributed by atoms with Crippen molar-refractivity contribution in [3.8, 4) is 5.75 Å². The van der Waals surface area contributed by atoms with Gasteiger partial charge in [-0.15, -0.1) is 11.3 Å². The normalized spacial score (nSPS) is 8.75. The number of hydrogen-bond donors (Lipinski definition) is 0. The van der Waals surface area contributed by atoms with E-state index in [1.807, 2.05) is 0 Å². The fourth-order valence-electron chi connectivity index (χ4n) is 0.628. The summed E-state index contributed by atoms with van der Waals surface area (Å²) in [4.78, 5) is 13.7. The van der Waals surface area contributed by atoms with E-state index >= 15 is 0 Å². The van der Waals surface area contributed by atoms with Crippen LogP contribution in [-0.4, -0.2) is 13.0 Å². The predicted octanol–water partition coefficient (Wildman–Crippen LogP) is 2.21. The third-order valence-electron chi connectivity index (χ3n) is 1.16. The number of hydrogen-bond acceptors (Lipinski definition) is 3. The van der Waals surface area contributed by atoms with Crippen LogP contribution in [0, 0.1) is 0 Å². The van der Waals surface area contributed by atoms with Gasteiger partial charge in [-0.2, -0.15) is 0 Å². The number of nitrogens with zero attached hydrogens (tertiary/aromatic N) is 3. The van der Waals surface area contributed by atoms with Crippen LogP contribution in [0.3, 0.4) is 0 Å².